The Labute approximate surface area is 189 Å². The number of carbonyl (C=O) groups is 3. The third-order valence-corrected chi connectivity index (χ3v) is 5.19. The summed E-state index contributed by atoms with van der Waals surface area (Å²) >= 11 is 6.49. The second-order valence-corrected chi connectivity index (χ2v) is 8.12. The van der Waals surface area contributed by atoms with Crippen LogP contribution in [-0.2, 0) is 25.3 Å². The molecular formula is C20H17ClF4N2O4S. The van der Waals surface area contributed by atoms with Crippen molar-refractivity contribution >= 4 is 52.5 Å². The van der Waals surface area contributed by atoms with Crippen molar-refractivity contribution in [2.75, 3.05) is 23.0 Å². The Bertz CT molecular complexity index is 987. The molecule has 0 saturated carbocycles. The van der Waals surface area contributed by atoms with Crippen molar-refractivity contribution in [3.05, 3.63) is 58.9 Å². The lowest BCUT2D eigenvalue weighted by molar-refractivity contribution is -0.146. The molecule has 0 aliphatic carbocycles. The van der Waals surface area contributed by atoms with Gasteiger partial charge in [-0.1, -0.05) is 11.6 Å². The molecule has 1 atom stereocenters. The van der Waals surface area contributed by atoms with Gasteiger partial charge in [-0.2, -0.15) is 13.2 Å². The average molecular weight is 493 g/mol. The van der Waals surface area contributed by atoms with Crippen molar-refractivity contribution < 1.29 is 36.7 Å². The monoisotopic (exact) mass is 492 g/mol. The minimum absolute atomic E-state index is 0.125. The van der Waals surface area contributed by atoms with Gasteiger partial charge in [0.2, 0.25) is 5.91 Å². The molecule has 0 saturated heterocycles. The topological polar surface area (TPSA) is 84.5 Å². The minimum atomic E-state index is -4.75. The molecular weight excluding hydrogens is 476 g/mol. The molecule has 2 aromatic carbocycles. The summed E-state index contributed by atoms with van der Waals surface area (Å²) in [4.78, 5) is 35.8. The fourth-order valence-electron chi connectivity index (χ4n) is 2.30. The number of esters is 1. The van der Waals surface area contributed by atoms with Crippen LogP contribution in [0.15, 0.2) is 42.5 Å². The largest absolute Gasteiger partial charge is 0.455 e. The van der Waals surface area contributed by atoms with Gasteiger partial charge in [0.05, 0.1) is 17.0 Å². The van der Waals surface area contributed by atoms with Crippen molar-refractivity contribution in [3.8, 4) is 0 Å². The molecule has 0 fully saturated rings. The third-order valence-electron chi connectivity index (χ3n) is 3.83. The molecule has 2 amide bonds. The quantitative estimate of drug-likeness (QED) is 0.411. The number of amides is 2. The van der Waals surface area contributed by atoms with Crippen LogP contribution in [0.2, 0.25) is 5.02 Å². The molecule has 0 heterocycles. The van der Waals surface area contributed by atoms with E-state index < -0.39 is 52.9 Å². The first-order valence-electron chi connectivity index (χ1n) is 8.96. The van der Waals surface area contributed by atoms with Crippen LogP contribution < -0.4 is 10.6 Å². The van der Waals surface area contributed by atoms with Crippen molar-refractivity contribution in [2.45, 2.75) is 18.3 Å². The number of alkyl halides is 3. The first kappa shape index (κ1) is 25.5. The average Bonchev–Trinajstić information content (AvgIpc) is 2.72. The maximum atomic E-state index is 13.1. The summed E-state index contributed by atoms with van der Waals surface area (Å²) in [7, 11) is 0. The van der Waals surface area contributed by atoms with Crippen LogP contribution in [0.1, 0.15) is 12.5 Å². The van der Waals surface area contributed by atoms with Crippen LogP contribution in [0.5, 0.6) is 0 Å². The van der Waals surface area contributed by atoms with E-state index in [0.29, 0.717) is 11.8 Å². The first-order chi connectivity index (χ1) is 15.0. The Morgan fingerprint density at radius 2 is 1.72 bits per heavy atom. The molecule has 0 aliphatic heterocycles. The zero-order chi connectivity index (χ0) is 23.9. The van der Waals surface area contributed by atoms with Crippen LogP contribution in [0, 0.1) is 5.82 Å². The zero-order valence-corrected chi connectivity index (χ0v) is 18.0. The van der Waals surface area contributed by atoms with Crippen LogP contribution in [0.3, 0.4) is 0 Å². The number of thioether (sulfide) groups is 1. The summed E-state index contributed by atoms with van der Waals surface area (Å²) in [6.45, 7) is 0.627. The summed E-state index contributed by atoms with van der Waals surface area (Å²) in [5, 5.41) is 3.56. The second-order valence-electron chi connectivity index (χ2n) is 6.35. The molecule has 0 aliphatic rings. The van der Waals surface area contributed by atoms with Gasteiger partial charge in [0, 0.05) is 10.7 Å². The van der Waals surface area contributed by atoms with Crippen molar-refractivity contribution in [2.24, 2.45) is 0 Å². The minimum Gasteiger partial charge on any atom is -0.455 e. The number of rotatable bonds is 8. The summed E-state index contributed by atoms with van der Waals surface area (Å²) in [6.07, 6.45) is -4.75. The first-order valence-corrected chi connectivity index (χ1v) is 10.4. The van der Waals surface area contributed by atoms with Crippen molar-refractivity contribution in [1.82, 2.24) is 0 Å². The van der Waals surface area contributed by atoms with E-state index in [1.807, 2.05) is 5.32 Å². The molecule has 6 nitrogen and oxygen atoms in total. The van der Waals surface area contributed by atoms with Crippen LogP contribution in [-0.4, -0.2) is 35.4 Å². The molecule has 0 unspecified atom stereocenters. The molecule has 0 radical (unpaired) electrons. The van der Waals surface area contributed by atoms with Crippen LogP contribution in [0.4, 0.5) is 28.9 Å². The van der Waals surface area contributed by atoms with E-state index in [0.717, 1.165) is 17.8 Å². The number of ether oxygens (including phenoxy) is 1. The Hall–Kier alpha value is -2.79. The fraction of sp³-hybridized carbons (Fsp3) is 0.250. The van der Waals surface area contributed by atoms with E-state index >= 15 is 0 Å². The lowest BCUT2D eigenvalue weighted by Crippen LogP contribution is -2.26. The normalized spacial score (nSPS) is 12.1. The molecule has 0 aromatic heterocycles. The molecule has 0 bridgehead atoms. The van der Waals surface area contributed by atoms with Crippen molar-refractivity contribution in [3.63, 3.8) is 0 Å². The summed E-state index contributed by atoms with van der Waals surface area (Å²) in [5.74, 6) is -2.83. The Morgan fingerprint density at radius 1 is 1.06 bits per heavy atom. The number of nitrogens with one attached hydrogen (secondary N) is 2. The van der Waals surface area contributed by atoms with Gasteiger partial charge in [-0.15, -0.1) is 11.8 Å². The van der Waals surface area contributed by atoms with E-state index in [2.05, 4.69) is 5.32 Å². The van der Waals surface area contributed by atoms with Crippen LogP contribution >= 0.6 is 23.4 Å². The van der Waals surface area contributed by atoms with Gasteiger partial charge in [-0.05, 0) is 49.4 Å². The molecule has 2 N–H and O–H groups in total. The predicted molar refractivity (Wildman–Crippen MR) is 113 cm³/mol. The van der Waals surface area contributed by atoms with Gasteiger partial charge in [-0.25, -0.2) is 4.39 Å². The zero-order valence-electron chi connectivity index (χ0n) is 16.5. The number of benzene rings is 2. The van der Waals surface area contributed by atoms with Gasteiger partial charge in [0.1, 0.15) is 11.1 Å². The second kappa shape index (κ2) is 11.2. The Morgan fingerprint density at radius 3 is 2.34 bits per heavy atom. The van der Waals surface area contributed by atoms with Gasteiger partial charge in [0.15, 0.2) is 6.61 Å². The maximum Gasteiger partial charge on any atom is 0.418 e. The van der Waals surface area contributed by atoms with Gasteiger partial charge in [0.25, 0.3) is 5.91 Å². The van der Waals surface area contributed by atoms with E-state index in [1.54, 1.807) is 0 Å². The number of hydrogen-bond acceptors (Lipinski definition) is 5. The SMILES string of the molecule is C[C@@H](SCC(=O)Nc1ccc(F)cc1)C(=O)OCC(=O)Nc1ccc(Cl)cc1C(F)(F)F. The van der Waals surface area contributed by atoms with Crippen LogP contribution in [0.25, 0.3) is 0 Å². The highest BCUT2D eigenvalue weighted by atomic mass is 35.5. The molecule has 0 spiro atoms. The van der Waals surface area contributed by atoms with Gasteiger partial charge in [-0.3, -0.25) is 14.4 Å². The third kappa shape index (κ3) is 8.04. The highest BCUT2D eigenvalue weighted by molar-refractivity contribution is 8.01. The summed E-state index contributed by atoms with van der Waals surface area (Å²) in [6, 6.07) is 7.93. The van der Waals surface area contributed by atoms with Gasteiger partial charge < -0.3 is 15.4 Å². The highest BCUT2D eigenvalue weighted by Crippen LogP contribution is 2.36. The number of carbonyl (C=O) groups excluding carboxylic acids is 3. The Balaban J connectivity index is 1.80. The number of hydrogen-bond donors (Lipinski definition) is 2. The molecule has 2 aromatic rings. The van der Waals surface area contributed by atoms with E-state index in [4.69, 9.17) is 16.3 Å². The fourth-order valence-corrected chi connectivity index (χ4v) is 3.15. The molecule has 172 valence electrons. The lowest BCUT2D eigenvalue weighted by Gasteiger charge is -2.15. The number of anilines is 2. The van der Waals surface area contributed by atoms with E-state index in [-0.39, 0.29) is 10.8 Å². The summed E-state index contributed by atoms with van der Waals surface area (Å²) < 4.78 is 56.8. The Kier molecular flexibility index (Phi) is 8.90. The van der Waals surface area contributed by atoms with E-state index in [9.17, 15) is 31.9 Å². The molecule has 32 heavy (non-hydrogen) atoms. The standard InChI is InChI=1S/C20H17ClF4N2O4S/c1-11(32-10-18(29)26-14-5-3-13(22)4-6-14)19(30)31-9-17(28)27-16-7-2-12(21)8-15(16)20(23,24)25/h2-8,11H,9-10H2,1H3,(H,26,29)(H,27,28)/t11-/m1/s1. The lowest BCUT2D eigenvalue weighted by atomic mass is 10.1. The predicted octanol–water partition coefficient (Wildman–Crippen LogP) is 4.74. The maximum absolute atomic E-state index is 13.1. The molecule has 2 rings (SSSR count). The highest BCUT2D eigenvalue weighted by Gasteiger charge is 2.34. The van der Waals surface area contributed by atoms with E-state index in [1.165, 1.54) is 37.3 Å². The number of halogens is 5. The van der Waals surface area contributed by atoms with Gasteiger partial charge >= 0.3 is 12.1 Å². The smallest absolute Gasteiger partial charge is 0.418 e. The van der Waals surface area contributed by atoms with Crippen molar-refractivity contribution in [1.29, 1.82) is 0 Å². The molecule has 12 heteroatoms. The summed E-state index contributed by atoms with van der Waals surface area (Å²) in [5.41, 5.74) is -1.28.